The van der Waals surface area contributed by atoms with Crippen LogP contribution in [-0.2, 0) is 0 Å². The van der Waals surface area contributed by atoms with Gasteiger partial charge in [-0.15, -0.1) is 0 Å². The number of rotatable bonds is 2. The van der Waals surface area contributed by atoms with Crippen LogP contribution in [0.1, 0.15) is 65.6 Å². The van der Waals surface area contributed by atoms with Crippen LogP contribution in [0.15, 0.2) is 10.5 Å². The van der Waals surface area contributed by atoms with Gasteiger partial charge in [0.1, 0.15) is 0 Å². The minimum absolute atomic E-state index is 0.0288. The molecule has 0 aromatic heterocycles. The number of carbonyl (C=O) groups is 1. The van der Waals surface area contributed by atoms with Gasteiger partial charge >= 0.3 is 0 Å². The number of benzene rings is 1. The Hall–Kier alpha value is -0.630. The molecule has 1 aromatic carbocycles. The van der Waals surface area contributed by atoms with E-state index in [-0.39, 0.29) is 5.41 Å². The predicted molar refractivity (Wildman–Crippen MR) is 93.3 cm³/mol. The van der Waals surface area contributed by atoms with Gasteiger partial charge < -0.3 is 0 Å². The summed E-state index contributed by atoms with van der Waals surface area (Å²) in [5.41, 5.74) is 4.53. The maximum Gasteiger partial charge on any atom is 0.169 e. The molecule has 2 heteroatoms. The summed E-state index contributed by atoms with van der Waals surface area (Å²) in [6, 6.07) is 2.17. The van der Waals surface area contributed by atoms with Crippen LogP contribution in [0.5, 0.6) is 0 Å². The molecule has 1 nitrogen and oxygen atoms in total. The molecule has 0 N–H and O–H groups in total. The summed E-state index contributed by atoms with van der Waals surface area (Å²) < 4.78 is 1.12. The van der Waals surface area contributed by atoms with E-state index in [1.165, 1.54) is 30.4 Å². The first kappa shape index (κ1) is 14.9. The molecule has 4 saturated carbocycles. The highest BCUT2D eigenvalue weighted by molar-refractivity contribution is 9.10. The lowest BCUT2D eigenvalue weighted by atomic mass is 9.48. The second kappa shape index (κ2) is 4.93. The summed E-state index contributed by atoms with van der Waals surface area (Å²) in [6.45, 7) is 6.33. The van der Waals surface area contributed by atoms with Gasteiger partial charge in [0, 0.05) is 15.5 Å². The highest BCUT2D eigenvalue weighted by atomic mass is 79.9. The highest BCUT2D eigenvalue weighted by Crippen LogP contribution is 2.61. The van der Waals surface area contributed by atoms with Crippen molar-refractivity contribution in [3.05, 3.63) is 32.8 Å². The van der Waals surface area contributed by atoms with Gasteiger partial charge in [0.15, 0.2) is 5.78 Å². The first-order valence-electron chi connectivity index (χ1n) is 8.71. The van der Waals surface area contributed by atoms with E-state index in [0.717, 1.165) is 52.6 Å². The average Bonchev–Trinajstić information content (AvgIpc) is 2.43. The second-order valence-corrected chi connectivity index (χ2v) is 9.14. The Bertz CT molecular complexity index is 623. The lowest BCUT2D eigenvalue weighted by Crippen LogP contribution is -2.50. The van der Waals surface area contributed by atoms with Gasteiger partial charge in [-0.05, 0) is 93.7 Å². The lowest BCUT2D eigenvalue weighted by molar-refractivity contribution is -0.0353. The van der Waals surface area contributed by atoms with Crippen molar-refractivity contribution < 1.29 is 4.79 Å². The van der Waals surface area contributed by atoms with E-state index in [2.05, 4.69) is 42.8 Å². The molecule has 0 saturated heterocycles. The molecule has 4 aliphatic carbocycles. The first-order valence-corrected chi connectivity index (χ1v) is 9.50. The fourth-order valence-electron chi connectivity index (χ4n) is 6.16. The van der Waals surface area contributed by atoms with Gasteiger partial charge in [-0.2, -0.15) is 0 Å². The Morgan fingerprint density at radius 2 is 1.50 bits per heavy atom. The van der Waals surface area contributed by atoms with Crippen LogP contribution < -0.4 is 0 Å². The Labute approximate surface area is 142 Å². The molecule has 4 aliphatic rings. The lowest BCUT2D eigenvalue weighted by Gasteiger charge is -2.56. The van der Waals surface area contributed by atoms with Crippen LogP contribution in [0.2, 0.25) is 0 Å². The molecule has 0 aliphatic heterocycles. The van der Waals surface area contributed by atoms with E-state index in [1.807, 2.05) is 0 Å². The van der Waals surface area contributed by atoms with Crippen molar-refractivity contribution in [2.75, 3.05) is 0 Å². The summed E-state index contributed by atoms with van der Waals surface area (Å²) in [7, 11) is 0. The number of aryl methyl sites for hydroxylation is 2. The smallest absolute Gasteiger partial charge is 0.169 e. The van der Waals surface area contributed by atoms with Crippen molar-refractivity contribution in [3.8, 4) is 0 Å². The molecule has 0 atom stereocenters. The molecule has 118 valence electrons. The molecule has 22 heavy (non-hydrogen) atoms. The van der Waals surface area contributed by atoms with Crippen molar-refractivity contribution in [2.45, 2.75) is 59.3 Å². The molecule has 0 amide bonds. The van der Waals surface area contributed by atoms with Gasteiger partial charge in [-0.25, -0.2) is 0 Å². The van der Waals surface area contributed by atoms with E-state index in [1.54, 1.807) is 0 Å². The van der Waals surface area contributed by atoms with E-state index in [4.69, 9.17) is 0 Å². The SMILES string of the molecule is Cc1cc(C)c(C(=O)C23CC4CC(CC(C4)C2)C3)c(C)c1Br. The Morgan fingerprint density at radius 1 is 1.00 bits per heavy atom. The molecular weight excluding hydrogens is 336 g/mol. The molecule has 0 radical (unpaired) electrons. The van der Waals surface area contributed by atoms with Crippen LogP contribution in [0.3, 0.4) is 0 Å². The van der Waals surface area contributed by atoms with Crippen LogP contribution in [0.4, 0.5) is 0 Å². The van der Waals surface area contributed by atoms with Crippen LogP contribution in [0, 0.1) is 43.9 Å². The van der Waals surface area contributed by atoms with E-state index in [9.17, 15) is 4.79 Å². The summed E-state index contributed by atoms with van der Waals surface area (Å²) in [5.74, 6) is 2.93. The Balaban J connectivity index is 1.78. The second-order valence-electron chi connectivity index (χ2n) is 8.35. The molecular formula is C20H25BrO. The number of hydrogen-bond donors (Lipinski definition) is 0. The predicted octanol–water partition coefficient (Wildman–Crippen LogP) is 5.77. The standard InChI is InChI=1S/C20H25BrO/c1-11-4-12(2)18(21)13(3)17(11)19(22)20-8-14-5-15(9-20)7-16(6-14)10-20/h4,14-16H,5-10H2,1-3H3. The average molecular weight is 361 g/mol. The minimum Gasteiger partial charge on any atom is -0.294 e. The molecule has 0 heterocycles. The molecule has 1 aromatic rings. The molecule has 4 bridgehead atoms. The number of hydrogen-bond acceptors (Lipinski definition) is 1. The van der Waals surface area contributed by atoms with Gasteiger partial charge in [0.25, 0.3) is 0 Å². The van der Waals surface area contributed by atoms with Gasteiger partial charge in [-0.3, -0.25) is 4.79 Å². The van der Waals surface area contributed by atoms with Crippen LogP contribution in [0.25, 0.3) is 0 Å². The number of ketones is 1. The third-order valence-corrected chi connectivity index (χ3v) is 7.84. The quantitative estimate of drug-likeness (QED) is 0.611. The van der Waals surface area contributed by atoms with Gasteiger partial charge in [0.2, 0.25) is 0 Å². The zero-order chi connectivity index (χ0) is 15.6. The Morgan fingerprint density at radius 3 is 2.00 bits per heavy atom. The maximum atomic E-state index is 13.6. The van der Waals surface area contributed by atoms with E-state index >= 15 is 0 Å². The monoisotopic (exact) mass is 360 g/mol. The first-order chi connectivity index (χ1) is 10.4. The number of Topliss-reactive ketones (excluding diaryl/α,β-unsaturated/α-hetero) is 1. The zero-order valence-electron chi connectivity index (χ0n) is 13.8. The molecule has 0 spiro atoms. The number of halogens is 1. The fraction of sp³-hybridized carbons (Fsp3) is 0.650. The summed E-state index contributed by atoms with van der Waals surface area (Å²) in [6.07, 6.45) is 7.64. The normalized spacial score (nSPS) is 35.9. The molecule has 4 fully saturated rings. The maximum absolute atomic E-state index is 13.6. The fourth-order valence-corrected chi connectivity index (χ4v) is 6.48. The number of carbonyl (C=O) groups excluding carboxylic acids is 1. The topological polar surface area (TPSA) is 17.1 Å². The summed E-state index contributed by atoms with van der Waals surface area (Å²) in [4.78, 5) is 13.6. The Kier molecular flexibility index (Phi) is 3.35. The van der Waals surface area contributed by atoms with Crippen molar-refractivity contribution in [1.29, 1.82) is 0 Å². The van der Waals surface area contributed by atoms with E-state index in [0.29, 0.717) is 5.78 Å². The molecule has 5 rings (SSSR count). The third kappa shape index (κ3) is 2.06. The largest absolute Gasteiger partial charge is 0.294 e. The van der Waals surface area contributed by atoms with Gasteiger partial charge in [-0.1, -0.05) is 22.0 Å². The van der Waals surface area contributed by atoms with Crippen molar-refractivity contribution in [2.24, 2.45) is 23.2 Å². The van der Waals surface area contributed by atoms with E-state index < -0.39 is 0 Å². The van der Waals surface area contributed by atoms with Crippen molar-refractivity contribution in [3.63, 3.8) is 0 Å². The van der Waals surface area contributed by atoms with Crippen LogP contribution >= 0.6 is 15.9 Å². The van der Waals surface area contributed by atoms with Gasteiger partial charge in [0.05, 0.1) is 0 Å². The summed E-state index contributed by atoms with van der Waals surface area (Å²) in [5, 5.41) is 0. The third-order valence-electron chi connectivity index (χ3n) is 6.62. The van der Waals surface area contributed by atoms with Crippen LogP contribution in [-0.4, -0.2) is 5.78 Å². The highest BCUT2D eigenvalue weighted by Gasteiger charge is 2.54. The minimum atomic E-state index is -0.0288. The summed E-state index contributed by atoms with van der Waals surface area (Å²) >= 11 is 3.69. The zero-order valence-corrected chi connectivity index (χ0v) is 15.4. The molecule has 0 unspecified atom stereocenters. The van der Waals surface area contributed by atoms with Crippen molar-refractivity contribution in [1.82, 2.24) is 0 Å². The van der Waals surface area contributed by atoms with Crippen molar-refractivity contribution >= 4 is 21.7 Å².